The average molecular weight is 279 g/mol. The normalized spacial score (nSPS) is 24.1. The molecular weight excluding hydrogens is 246 g/mol. The number of hydrogen-bond donors (Lipinski definition) is 0. The molecule has 2 heterocycles. The largest absolute Gasteiger partial charge is 0.373 e. The Morgan fingerprint density at radius 3 is 2.05 bits per heavy atom. The average Bonchev–Trinajstić information content (AvgIpc) is 2.41. The van der Waals surface area contributed by atoms with E-state index in [0.717, 1.165) is 12.5 Å². The SMILES string of the molecule is C=C1CN(C(C)C)CCN1CC1CCN(C(C)C)CC1. The first-order valence-corrected chi connectivity index (χ1v) is 8.38. The van der Waals surface area contributed by atoms with Gasteiger partial charge in [-0.2, -0.15) is 0 Å². The molecule has 2 saturated heterocycles. The van der Waals surface area contributed by atoms with E-state index in [1.165, 1.54) is 51.3 Å². The first kappa shape index (κ1) is 15.8. The summed E-state index contributed by atoms with van der Waals surface area (Å²) in [4.78, 5) is 7.69. The fraction of sp³-hybridized carbons (Fsp3) is 0.882. The van der Waals surface area contributed by atoms with Gasteiger partial charge in [-0.05, 0) is 59.5 Å². The first-order valence-electron chi connectivity index (χ1n) is 8.38. The molecule has 0 unspecified atom stereocenters. The number of piperazine rings is 1. The second-order valence-corrected chi connectivity index (χ2v) is 7.15. The Kier molecular flexibility index (Phi) is 5.50. The molecule has 2 fully saturated rings. The van der Waals surface area contributed by atoms with Gasteiger partial charge in [-0.15, -0.1) is 0 Å². The molecule has 2 aliphatic rings. The number of rotatable bonds is 4. The van der Waals surface area contributed by atoms with Crippen molar-refractivity contribution >= 4 is 0 Å². The van der Waals surface area contributed by atoms with Crippen molar-refractivity contribution in [1.82, 2.24) is 14.7 Å². The molecule has 3 nitrogen and oxygen atoms in total. The van der Waals surface area contributed by atoms with Gasteiger partial charge in [0.2, 0.25) is 0 Å². The van der Waals surface area contributed by atoms with Crippen LogP contribution in [0.5, 0.6) is 0 Å². The van der Waals surface area contributed by atoms with E-state index >= 15 is 0 Å². The second kappa shape index (κ2) is 6.95. The van der Waals surface area contributed by atoms with Crippen molar-refractivity contribution in [3.8, 4) is 0 Å². The van der Waals surface area contributed by atoms with Gasteiger partial charge in [0.05, 0.1) is 0 Å². The summed E-state index contributed by atoms with van der Waals surface area (Å²) < 4.78 is 0. The topological polar surface area (TPSA) is 9.72 Å². The molecule has 20 heavy (non-hydrogen) atoms. The van der Waals surface area contributed by atoms with E-state index < -0.39 is 0 Å². The molecule has 3 heteroatoms. The lowest BCUT2D eigenvalue weighted by molar-refractivity contribution is 0.103. The molecule has 0 spiro atoms. The zero-order valence-corrected chi connectivity index (χ0v) is 13.9. The van der Waals surface area contributed by atoms with E-state index in [9.17, 15) is 0 Å². The number of nitrogens with zero attached hydrogens (tertiary/aromatic N) is 3. The molecule has 0 bridgehead atoms. The highest BCUT2D eigenvalue weighted by molar-refractivity contribution is 5.02. The van der Waals surface area contributed by atoms with Crippen LogP contribution in [0.15, 0.2) is 12.3 Å². The van der Waals surface area contributed by atoms with Crippen LogP contribution >= 0.6 is 0 Å². The predicted molar refractivity (Wildman–Crippen MR) is 86.9 cm³/mol. The molecule has 0 saturated carbocycles. The Labute approximate surface area is 125 Å². The summed E-state index contributed by atoms with van der Waals surface area (Å²) in [7, 11) is 0. The molecule has 0 aliphatic carbocycles. The molecule has 2 aliphatic heterocycles. The van der Waals surface area contributed by atoms with E-state index in [1.54, 1.807) is 0 Å². The molecule has 0 amide bonds. The van der Waals surface area contributed by atoms with Crippen LogP contribution in [0.2, 0.25) is 0 Å². The fourth-order valence-corrected chi connectivity index (χ4v) is 3.45. The van der Waals surface area contributed by atoms with Gasteiger partial charge >= 0.3 is 0 Å². The summed E-state index contributed by atoms with van der Waals surface area (Å²) in [6, 6.07) is 1.35. The van der Waals surface area contributed by atoms with Crippen molar-refractivity contribution in [1.29, 1.82) is 0 Å². The number of likely N-dealkylation sites (tertiary alicyclic amines) is 1. The Bertz CT molecular complexity index is 316. The van der Waals surface area contributed by atoms with Crippen LogP contribution < -0.4 is 0 Å². The Hall–Kier alpha value is -0.540. The highest BCUT2D eigenvalue weighted by Crippen LogP contribution is 2.23. The molecule has 0 aromatic carbocycles. The minimum Gasteiger partial charge on any atom is -0.373 e. The maximum atomic E-state index is 4.31. The highest BCUT2D eigenvalue weighted by Gasteiger charge is 2.26. The molecule has 0 aromatic heterocycles. The quantitative estimate of drug-likeness (QED) is 0.783. The summed E-state index contributed by atoms with van der Waals surface area (Å²) in [5.41, 5.74) is 1.33. The molecule has 0 radical (unpaired) electrons. The molecular formula is C17H33N3. The van der Waals surface area contributed by atoms with E-state index in [4.69, 9.17) is 0 Å². The van der Waals surface area contributed by atoms with Crippen LogP contribution in [0.1, 0.15) is 40.5 Å². The monoisotopic (exact) mass is 279 g/mol. The standard InChI is InChI=1S/C17H33N3/c1-14(2)18-8-6-17(7-9-18)13-20-11-10-19(15(3)4)12-16(20)5/h14-15,17H,5-13H2,1-4H3. The van der Waals surface area contributed by atoms with Crippen molar-refractivity contribution in [3.63, 3.8) is 0 Å². The summed E-state index contributed by atoms with van der Waals surface area (Å²) in [6.45, 7) is 20.7. The maximum Gasteiger partial charge on any atom is 0.0381 e. The smallest absolute Gasteiger partial charge is 0.0381 e. The van der Waals surface area contributed by atoms with Crippen LogP contribution in [0, 0.1) is 5.92 Å². The Morgan fingerprint density at radius 2 is 1.55 bits per heavy atom. The van der Waals surface area contributed by atoms with Gasteiger partial charge in [0, 0.05) is 44.0 Å². The van der Waals surface area contributed by atoms with Crippen LogP contribution in [-0.4, -0.2) is 66.1 Å². The second-order valence-electron chi connectivity index (χ2n) is 7.15. The summed E-state index contributed by atoms with van der Waals surface area (Å²) in [5.74, 6) is 0.868. The predicted octanol–water partition coefficient (Wildman–Crippen LogP) is 2.65. The van der Waals surface area contributed by atoms with Crippen molar-refractivity contribution in [2.24, 2.45) is 5.92 Å². The van der Waals surface area contributed by atoms with E-state index in [1.807, 2.05) is 0 Å². The van der Waals surface area contributed by atoms with E-state index in [-0.39, 0.29) is 0 Å². The van der Waals surface area contributed by atoms with Crippen LogP contribution in [0.3, 0.4) is 0 Å². The highest BCUT2D eigenvalue weighted by atomic mass is 15.3. The van der Waals surface area contributed by atoms with Crippen molar-refractivity contribution in [2.45, 2.75) is 52.6 Å². The maximum absolute atomic E-state index is 4.31. The van der Waals surface area contributed by atoms with Crippen molar-refractivity contribution in [3.05, 3.63) is 12.3 Å². The van der Waals surface area contributed by atoms with Crippen molar-refractivity contribution < 1.29 is 0 Å². The van der Waals surface area contributed by atoms with Gasteiger partial charge in [-0.25, -0.2) is 0 Å². The fourth-order valence-electron chi connectivity index (χ4n) is 3.45. The van der Waals surface area contributed by atoms with E-state index in [2.05, 4.69) is 49.0 Å². The van der Waals surface area contributed by atoms with Gasteiger partial charge in [-0.3, -0.25) is 4.90 Å². The zero-order valence-electron chi connectivity index (χ0n) is 13.9. The van der Waals surface area contributed by atoms with Crippen LogP contribution in [0.4, 0.5) is 0 Å². The summed E-state index contributed by atoms with van der Waals surface area (Å²) in [6.07, 6.45) is 2.71. The molecule has 116 valence electrons. The number of piperidine rings is 1. The van der Waals surface area contributed by atoms with Gasteiger partial charge < -0.3 is 9.80 Å². The van der Waals surface area contributed by atoms with Crippen LogP contribution in [0.25, 0.3) is 0 Å². The van der Waals surface area contributed by atoms with Crippen molar-refractivity contribution in [2.75, 3.05) is 39.3 Å². The molecule has 0 N–H and O–H groups in total. The van der Waals surface area contributed by atoms with Gasteiger partial charge in [0.25, 0.3) is 0 Å². The third kappa shape index (κ3) is 3.98. The van der Waals surface area contributed by atoms with E-state index in [0.29, 0.717) is 12.1 Å². The summed E-state index contributed by atoms with van der Waals surface area (Å²) in [5, 5.41) is 0. The molecule has 0 atom stereocenters. The van der Waals surface area contributed by atoms with Gasteiger partial charge in [0.1, 0.15) is 0 Å². The van der Waals surface area contributed by atoms with Gasteiger partial charge in [-0.1, -0.05) is 6.58 Å². The lowest BCUT2D eigenvalue weighted by Gasteiger charge is -2.42. The number of hydrogen-bond acceptors (Lipinski definition) is 3. The lowest BCUT2D eigenvalue weighted by Crippen LogP contribution is -2.49. The zero-order chi connectivity index (χ0) is 14.7. The minimum absolute atomic E-state index is 0.642. The minimum atomic E-state index is 0.642. The molecule has 0 aromatic rings. The van der Waals surface area contributed by atoms with Gasteiger partial charge in [0.15, 0.2) is 0 Å². The third-order valence-corrected chi connectivity index (χ3v) is 5.08. The Morgan fingerprint density at radius 1 is 0.950 bits per heavy atom. The third-order valence-electron chi connectivity index (χ3n) is 5.08. The lowest BCUT2D eigenvalue weighted by atomic mass is 9.95. The summed E-state index contributed by atoms with van der Waals surface area (Å²) >= 11 is 0. The Balaban J connectivity index is 1.76. The van der Waals surface area contributed by atoms with Crippen LogP contribution in [-0.2, 0) is 0 Å². The molecule has 2 rings (SSSR count). The first-order chi connectivity index (χ1) is 9.47.